The van der Waals surface area contributed by atoms with Gasteiger partial charge in [0, 0.05) is 15.9 Å². The van der Waals surface area contributed by atoms with Crippen LogP contribution in [0.5, 0.6) is 0 Å². The van der Waals surface area contributed by atoms with Crippen LogP contribution < -0.4 is 0 Å². The third-order valence-electron chi connectivity index (χ3n) is 2.20. The summed E-state index contributed by atoms with van der Waals surface area (Å²) in [5.41, 5.74) is -1.22. The lowest BCUT2D eigenvalue weighted by atomic mass is 10.1. The van der Waals surface area contributed by atoms with E-state index < -0.39 is 17.4 Å². The van der Waals surface area contributed by atoms with Crippen LogP contribution in [0, 0.1) is 0 Å². The number of carbonyl (C=O) groups excluding carboxylic acids is 1. The number of benzene rings is 1. The average molecular weight is 248 g/mol. The van der Waals surface area contributed by atoms with Crippen molar-refractivity contribution in [2.24, 2.45) is 0 Å². The second-order valence-corrected chi connectivity index (χ2v) is 3.66. The van der Waals surface area contributed by atoms with Gasteiger partial charge in [-0.25, -0.2) is 0 Å². The van der Waals surface area contributed by atoms with Gasteiger partial charge in [-0.3, -0.25) is 4.79 Å². The van der Waals surface area contributed by atoms with Crippen LogP contribution in [-0.2, 0) is 6.18 Å². The summed E-state index contributed by atoms with van der Waals surface area (Å²) in [4.78, 5) is 12.9. The van der Waals surface area contributed by atoms with Gasteiger partial charge in [0.15, 0.2) is 6.29 Å². The molecule has 16 heavy (non-hydrogen) atoms. The fourth-order valence-corrected chi connectivity index (χ4v) is 1.70. The predicted molar refractivity (Wildman–Crippen MR) is 53.7 cm³/mol. The van der Waals surface area contributed by atoms with E-state index in [1.165, 1.54) is 18.2 Å². The number of hydrogen-bond acceptors (Lipinski definition) is 1. The minimum atomic E-state index is -4.58. The van der Waals surface area contributed by atoms with Crippen molar-refractivity contribution in [2.75, 3.05) is 0 Å². The van der Waals surface area contributed by atoms with Gasteiger partial charge in [0.25, 0.3) is 0 Å². The molecule has 2 aromatic rings. The molecule has 0 aliphatic carbocycles. The molecule has 0 spiro atoms. The fraction of sp³-hybridized carbons (Fsp3) is 0.100. The molecular weight excluding hydrogens is 243 g/mol. The van der Waals surface area contributed by atoms with Gasteiger partial charge in [0.1, 0.15) is 5.69 Å². The largest absolute Gasteiger partial charge is 0.431 e. The number of nitrogens with one attached hydrogen (secondary N) is 1. The molecule has 1 aromatic heterocycles. The lowest BCUT2D eigenvalue weighted by Crippen LogP contribution is -2.08. The van der Waals surface area contributed by atoms with Crippen LogP contribution in [0.2, 0.25) is 5.02 Å². The summed E-state index contributed by atoms with van der Waals surface area (Å²) >= 11 is 5.66. The highest BCUT2D eigenvalue weighted by Gasteiger charge is 2.36. The summed E-state index contributed by atoms with van der Waals surface area (Å²) in [6.07, 6.45) is -4.40. The third-order valence-corrected chi connectivity index (χ3v) is 2.44. The minimum Gasteiger partial charge on any atom is -0.350 e. The molecule has 6 heteroatoms. The van der Waals surface area contributed by atoms with E-state index in [2.05, 4.69) is 4.98 Å². The molecule has 0 aliphatic rings. The molecule has 2 nitrogen and oxygen atoms in total. The van der Waals surface area contributed by atoms with Crippen molar-refractivity contribution in [3.8, 4) is 0 Å². The van der Waals surface area contributed by atoms with Crippen LogP contribution in [0.4, 0.5) is 13.2 Å². The Morgan fingerprint density at radius 1 is 1.31 bits per heavy atom. The Hall–Kier alpha value is -1.49. The normalized spacial score (nSPS) is 12.0. The molecule has 0 saturated carbocycles. The smallest absolute Gasteiger partial charge is 0.350 e. The van der Waals surface area contributed by atoms with Gasteiger partial charge in [0.2, 0.25) is 0 Å². The molecule has 0 saturated heterocycles. The predicted octanol–water partition coefficient (Wildman–Crippen LogP) is 3.65. The van der Waals surface area contributed by atoms with Gasteiger partial charge in [-0.15, -0.1) is 0 Å². The summed E-state index contributed by atoms with van der Waals surface area (Å²) in [6.45, 7) is 0. The molecule has 0 atom stereocenters. The number of halogens is 4. The van der Waals surface area contributed by atoms with E-state index in [1.807, 2.05) is 0 Å². The number of hydrogen-bond donors (Lipinski definition) is 1. The second-order valence-electron chi connectivity index (χ2n) is 3.22. The summed E-state index contributed by atoms with van der Waals surface area (Å²) < 4.78 is 37.7. The number of aromatic nitrogens is 1. The Kier molecular flexibility index (Phi) is 2.42. The molecule has 0 aliphatic heterocycles. The van der Waals surface area contributed by atoms with Gasteiger partial charge >= 0.3 is 6.18 Å². The molecule has 0 bridgehead atoms. The fourth-order valence-electron chi connectivity index (χ4n) is 1.53. The van der Waals surface area contributed by atoms with E-state index >= 15 is 0 Å². The van der Waals surface area contributed by atoms with Crippen LogP contribution in [0.25, 0.3) is 10.9 Å². The molecular formula is C10H5ClF3NO. The van der Waals surface area contributed by atoms with E-state index in [9.17, 15) is 18.0 Å². The molecule has 2 rings (SSSR count). The summed E-state index contributed by atoms with van der Waals surface area (Å²) in [5, 5.41) is 0.457. The molecule has 0 fully saturated rings. The topological polar surface area (TPSA) is 32.9 Å². The first-order valence-electron chi connectivity index (χ1n) is 4.27. The highest BCUT2D eigenvalue weighted by atomic mass is 35.5. The standard InChI is InChI=1S/C10H5ClF3NO/c11-5-1-2-8-6(3-5)7(4-16)9(15-8)10(12,13)14/h1-4,15H. The van der Waals surface area contributed by atoms with E-state index in [-0.39, 0.29) is 22.2 Å². The molecule has 84 valence electrons. The van der Waals surface area contributed by atoms with Gasteiger partial charge in [-0.1, -0.05) is 11.6 Å². The molecule has 0 unspecified atom stereocenters. The Morgan fingerprint density at radius 3 is 2.56 bits per heavy atom. The number of aromatic amines is 1. The number of carbonyl (C=O) groups is 1. The summed E-state index contributed by atoms with van der Waals surface area (Å²) in [7, 11) is 0. The van der Waals surface area contributed by atoms with Gasteiger partial charge in [0.05, 0.1) is 5.56 Å². The van der Waals surface area contributed by atoms with E-state index in [4.69, 9.17) is 11.6 Å². The van der Waals surface area contributed by atoms with Crippen molar-refractivity contribution >= 4 is 28.8 Å². The molecule has 0 radical (unpaired) electrons. The third kappa shape index (κ3) is 1.67. The quantitative estimate of drug-likeness (QED) is 0.767. The first kappa shape index (κ1) is 11.0. The van der Waals surface area contributed by atoms with Crippen molar-refractivity contribution in [1.29, 1.82) is 0 Å². The maximum absolute atomic E-state index is 12.6. The molecule has 1 N–H and O–H groups in total. The number of fused-ring (bicyclic) bond motifs is 1. The van der Waals surface area contributed by atoms with Crippen LogP contribution in [0.15, 0.2) is 18.2 Å². The lowest BCUT2D eigenvalue weighted by Gasteiger charge is -2.03. The van der Waals surface area contributed by atoms with Crippen molar-refractivity contribution in [3.05, 3.63) is 34.5 Å². The Labute approximate surface area is 93.0 Å². The lowest BCUT2D eigenvalue weighted by molar-refractivity contribution is -0.140. The van der Waals surface area contributed by atoms with E-state index in [0.29, 0.717) is 0 Å². The number of H-pyrrole nitrogens is 1. The van der Waals surface area contributed by atoms with Crippen molar-refractivity contribution in [1.82, 2.24) is 4.98 Å². The molecule has 1 aromatic carbocycles. The Morgan fingerprint density at radius 2 is 2.00 bits per heavy atom. The Balaban J connectivity index is 2.82. The first-order valence-corrected chi connectivity index (χ1v) is 4.65. The van der Waals surface area contributed by atoms with Gasteiger partial charge < -0.3 is 4.98 Å². The van der Waals surface area contributed by atoms with Crippen molar-refractivity contribution in [3.63, 3.8) is 0 Å². The van der Waals surface area contributed by atoms with Crippen molar-refractivity contribution in [2.45, 2.75) is 6.18 Å². The minimum absolute atomic E-state index is 0.176. The van der Waals surface area contributed by atoms with Crippen LogP contribution in [0.1, 0.15) is 16.1 Å². The van der Waals surface area contributed by atoms with E-state index in [0.717, 1.165) is 0 Å². The number of rotatable bonds is 1. The summed E-state index contributed by atoms with van der Waals surface area (Å²) in [6, 6.07) is 4.18. The highest BCUT2D eigenvalue weighted by molar-refractivity contribution is 6.31. The maximum atomic E-state index is 12.6. The Bertz CT molecular complexity index is 559. The first-order chi connectivity index (χ1) is 7.43. The number of alkyl halides is 3. The van der Waals surface area contributed by atoms with Crippen molar-refractivity contribution < 1.29 is 18.0 Å². The SMILES string of the molecule is O=Cc1c(C(F)(F)F)[nH]c2ccc(Cl)cc12. The zero-order chi connectivity index (χ0) is 11.9. The second kappa shape index (κ2) is 3.52. The number of aldehydes is 1. The zero-order valence-electron chi connectivity index (χ0n) is 7.73. The monoisotopic (exact) mass is 247 g/mol. The summed E-state index contributed by atoms with van der Waals surface area (Å²) in [5.74, 6) is 0. The van der Waals surface area contributed by atoms with Gasteiger partial charge in [-0.2, -0.15) is 13.2 Å². The van der Waals surface area contributed by atoms with Crippen LogP contribution in [-0.4, -0.2) is 11.3 Å². The van der Waals surface area contributed by atoms with E-state index in [1.54, 1.807) is 0 Å². The highest BCUT2D eigenvalue weighted by Crippen LogP contribution is 2.35. The maximum Gasteiger partial charge on any atom is 0.431 e. The average Bonchev–Trinajstić information content (AvgIpc) is 2.54. The van der Waals surface area contributed by atoms with Gasteiger partial charge in [-0.05, 0) is 18.2 Å². The molecule has 0 amide bonds. The van der Waals surface area contributed by atoms with Crippen LogP contribution >= 0.6 is 11.6 Å². The molecule has 1 heterocycles. The zero-order valence-corrected chi connectivity index (χ0v) is 8.49. The van der Waals surface area contributed by atoms with Crippen LogP contribution in [0.3, 0.4) is 0 Å².